The highest BCUT2D eigenvalue weighted by molar-refractivity contribution is 5.64. The Bertz CT molecular complexity index is 1000. The lowest BCUT2D eigenvalue weighted by Crippen LogP contribution is -2.47. The molecule has 2 aliphatic heterocycles. The van der Waals surface area contributed by atoms with Gasteiger partial charge in [-0.1, -0.05) is 5.16 Å². The molecule has 9 heteroatoms. The van der Waals surface area contributed by atoms with Crippen LogP contribution < -0.4 is 19.7 Å². The molecule has 168 valence electrons. The molecule has 0 bridgehead atoms. The Morgan fingerprint density at radius 3 is 2.59 bits per heavy atom. The van der Waals surface area contributed by atoms with E-state index < -0.39 is 0 Å². The number of aromatic nitrogens is 3. The maximum atomic E-state index is 5.65. The van der Waals surface area contributed by atoms with Crippen molar-refractivity contribution < 1.29 is 14.0 Å². The van der Waals surface area contributed by atoms with Crippen LogP contribution in [0.4, 0.5) is 5.95 Å². The van der Waals surface area contributed by atoms with Crippen molar-refractivity contribution in [3.05, 3.63) is 48.5 Å². The Labute approximate surface area is 187 Å². The lowest BCUT2D eigenvalue weighted by atomic mass is 10.1. The molecular weight excluding hydrogens is 408 g/mol. The van der Waals surface area contributed by atoms with Gasteiger partial charge in [0.1, 0.15) is 18.9 Å². The molecule has 9 nitrogen and oxygen atoms in total. The molecule has 32 heavy (non-hydrogen) atoms. The van der Waals surface area contributed by atoms with E-state index in [9.17, 15) is 0 Å². The number of benzene rings is 1. The van der Waals surface area contributed by atoms with Crippen molar-refractivity contribution in [1.82, 2.24) is 25.3 Å². The molecule has 2 aromatic heterocycles. The quantitative estimate of drug-likeness (QED) is 0.534. The first-order valence-electron chi connectivity index (χ1n) is 11.2. The van der Waals surface area contributed by atoms with Crippen LogP contribution in [0.25, 0.3) is 11.3 Å². The summed E-state index contributed by atoms with van der Waals surface area (Å²) in [7, 11) is 0. The van der Waals surface area contributed by atoms with Crippen molar-refractivity contribution in [2.45, 2.75) is 13.0 Å². The first-order valence-corrected chi connectivity index (χ1v) is 11.2. The summed E-state index contributed by atoms with van der Waals surface area (Å²) in [5.41, 5.74) is 1.77. The highest BCUT2D eigenvalue weighted by Gasteiger charge is 2.18. The lowest BCUT2D eigenvalue weighted by Gasteiger charge is -2.34. The summed E-state index contributed by atoms with van der Waals surface area (Å²) in [6.45, 7) is 7.86. The Kier molecular flexibility index (Phi) is 6.45. The van der Waals surface area contributed by atoms with Crippen LogP contribution in [0, 0.1) is 0 Å². The average Bonchev–Trinajstić information content (AvgIpc) is 3.33. The van der Waals surface area contributed by atoms with Crippen molar-refractivity contribution in [1.29, 1.82) is 0 Å². The minimum Gasteiger partial charge on any atom is -0.486 e. The molecule has 0 unspecified atom stereocenters. The second kappa shape index (κ2) is 9.97. The van der Waals surface area contributed by atoms with E-state index >= 15 is 0 Å². The number of fused-ring (bicyclic) bond motifs is 1. The van der Waals surface area contributed by atoms with Crippen molar-refractivity contribution in [3.8, 4) is 22.8 Å². The molecule has 0 spiro atoms. The summed E-state index contributed by atoms with van der Waals surface area (Å²) >= 11 is 0. The summed E-state index contributed by atoms with van der Waals surface area (Å²) in [5.74, 6) is 3.19. The molecular formula is C23H28N6O3. The summed E-state index contributed by atoms with van der Waals surface area (Å²) in [6, 6.07) is 9.68. The van der Waals surface area contributed by atoms with Gasteiger partial charge in [0.05, 0.1) is 6.54 Å². The fourth-order valence-electron chi connectivity index (χ4n) is 4.00. The van der Waals surface area contributed by atoms with E-state index in [1.165, 1.54) is 0 Å². The second-order valence-electron chi connectivity index (χ2n) is 7.94. The molecule has 0 saturated carbocycles. The standard InChI is InChI=1S/C23H28N6O3/c1-6-25-23(26-7-1)29-11-9-28(10-12-29)8-2-5-24-17-19-16-20(27-32-19)18-3-4-21-22(15-18)31-14-13-30-21/h1,3-4,6-7,15-16,24H,2,5,8-14,17H2. The van der Waals surface area contributed by atoms with E-state index in [1.54, 1.807) is 12.4 Å². The van der Waals surface area contributed by atoms with Gasteiger partial charge in [-0.15, -0.1) is 0 Å². The number of ether oxygens (including phenoxy) is 2. The first-order chi connectivity index (χ1) is 15.8. The fourth-order valence-corrected chi connectivity index (χ4v) is 4.00. The van der Waals surface area contributed by atoms with Crippen LogP contribution >= 0.6 is 0 Å². The zero-order chi connectivity index (χ0) is 21.6. The number of nitrogens with zero attached hydrogens (tertiary/aromatic N) is 5. The third kappa shape index (κ3) is 5.00. The van der Waals surface area contributed by atoms with Crippen molar-refractivity contribution in [2.24, 2.45) is 0 Å². The zero-order valence-electron chi connectivity index (χ0n) is 18.1. The van der Waals surface area contributed by atoms with E-state index in [-0.39, 0.29) is 0 Å². The highest BCUT2D eigenvalue weighted by Crippen LogP contribution is 2.34. The maximum absolute atomic E-state index is 5.65. The molecule has 3 aromatic rings. The molecule has 1 aromatic carbocycles. The number of hydrogen-bond acceptors (Lipinski definition) is 9. The predicted molar refractivity (Wildman–Crippen MR) is 120 cm³/mol. The van der Waals surface area contributed by atoms with Crippen LogP contribution in [0.2, 0.25) is 0 Å². The van der Waals surface area contributed by atoms with Gasteiger partial charge in [0.2, 0.25) is 5.95 Å². The van der Waals surface area contributed by atoms with Crippen LogP contribution in [0.15, 0.2) is 47.2 Å². The summed E-state index contributed by atoms with van der Waals surface area (Å²) in [4.78, 5) is 13.4. The fraction of sp³-hybridized carbons (Fsp3) is 0.435. The third-order valence-corrected chi connectivity index (χ3v) is 5.73. The van der Waals surface area contributed by atoms with Gasteiger partial charge in [0.15, 0.2) is 17.3 Å². The Hall–Kier alpha value is -3.17. The molecule has 2 aliphatic rings. The molecule has 4 heterocycles. The van der Waals surface area contributed by atoms with Gasteiger partial charge in [-0.2, -0.15) is 0 Å². The largest absolute Gasteiger partial charge is 0.486 e. The smallest absolute Gasteiger partial charge is 0.225 e. The van der Waals surface area contributed by atoms with Gasteiger partial charge in [0.25, 0.3) is 0 Å². The van der Waals surface area contributed by atoms with E-state index in [0.29, 0.717) is 19.8 Å². The van der Waals surface area contributed by atoms with Crippen molar-refractivity contribution >= 4 is 5.95 Å². The van der Waals surface area contributed by atoms with Gasteiger partial charge in [-0.05, 0) is 43.8 Å². The predicted octanol–water partition coefficient (Wildman–Crippen LogP) is 2.20. The van der Waals surface area contributed by atoms with Crippen LogP contribution in [-0.4, -0.2) is 72.5 Å². The molecule has 0 aliphatic carbocycles. The molecule has 1 N–H and O–H groups in total. The first kappa shape index (κ1) is 20.7. The second-order valence-corrected chi connectivity index (χ2v) is 7.94. The molecule has 0 radical (unpaired) electrons. The summed E-state index contributed by atoms with van der Waals surface area (Å²) in [5, 5.41) is 7.66. The molecule has 1 fully saturated rings. The SMILES string of the molecule is c1cnc(N2CCN(CCCNCc3cc(-c4ccc5c(c4)OCCO5)no3)CC2)nc1. The van der Waals surface area contributed by atoms with Crippen LogP contribution in [0.1, 0.15) is 12.2 Å². The van der Waals surface area contributed by atoms with Gasteiger partial charge < -0.3 is 24.2 Å². The average molecular weight is 437 g/mol. The zero-order valence-corrected chi connectivity index (χ0v) is 18.1. The molecule has 5 rings (SSSR count). The van der Waals surface area contributed by atoms with Gasteiger partial charge in [-0.25, -0.2) is 9.97 Å². The van der Waals surface area contributed by atoms with E-state index in [1.807, 2.05) is 30.3 Å². The number of nitrogens with one attached hydrogen (secondary N) is 1. The summed E-state index contributed by atoms with van der Waals surface area (Å²) < 4.78 is 16.7. The Morgan fingerprint density at radius 1 is 0.938 bits per heavy atom. The minimum absolute atomic E-state index is 0.571. The molecule has 0 atom stereocenters. The number of anilines is 1. The normalized spacial score (nSPS) is 16.3. The topological polar surface area (TPSA) is 88.8 Å². The third-order valence-electron chi connectivity index (χ3n) is 5.73. The monoisotopic (exact) mass is 436 g/mol. The number of piperazine rings is 1. The summed E-state index contributed by atoms with van der Waals surface area (Å²) in [6.07, 6.45) is 4.69. The van der Waals surface area contributed by atoms with Crippen LogP contribution in [0.5, 0.6) is 11.5 Å². The lowest BCUT2D eigenvalue weighted by molar-refractivity contribution is 0.171. The van der Waals surface area contributed by atoms with Gasteiger partial charge >= 0.3 is 0 Å². The van der Waals surface area contributed by atoms with E-state index in [2.05, 4.69) is 30.2 Å². The van der Waals surface area contributed by atoms with E-state index in [4.69, 9.17) is 14.0 Å². The van der Waals surface area contributed by atoms with Gasteiger partial charge in [-0.3, -0.25) is 4.90 Å². The highest BCUT2D eigenvalue weighted by atomic mass is 16.6. The minimum atomic E-state index is 0.571. The van der Waals surface area contributed by atoms with Crippen molar-refractivity contribution in [2.75, 3.05) is 57.4 Å². The van der Waals surface area contributed by atoms with Gasteiger partial charge in [0, 0.05) is 50.2 Å². The van der Waals surface area contributed by atoms with Crippen LogP contribution in [-0.2, 0) is 6.54 Å². The number of rotatable bonds is 8. The van der Waals surface area contributed by atoms with E-state index in [0.717, 1.165) is 80.2 Å². The van der Waals surface area contributed by atoms with Crippen molar-refractivity contribution in [3.63, 3.8) is 0 Å². The molecule has 0 amide bonds. The maximum Gasteiger partial charge on any atom is 0.225 e. The Morgan fingerprint density at radius 2 is 1.75 bits per heavy atom. The van der Waals surface area contributed by atoms with Crippen LogP contribution in [0.3, 0.4) is 0 Å². The number of hydrogen-bond donors (Lipinski definition) is 1. The Balaban J connectivity index is 1.02. The molecule has 1 saturated heterocycles.